The van der Waals surface area contributed by atoms with Crippen molar-refractivity contribution in [2.24, 2.45) is 5.73 Å². The minimum atomic E-state index is -0.277. The van der Waals surface area contributed by atoms with Gasteiger partial charge in [-0.3, -0.25) is 0 Å². The molecule has 0 aliphatic heterocycles. The number of nitrogens with zero attached hydrogens (tertiary/aromatic N) is 2. The highest BCUT2D eigenvalue weighted by Gasteiger charge is 2.12. The van der Waals surface area contributed by atoms with Crippen molar-refractivity contribution in [2.45, 2.75) is 13.3 Å². The molecule has 0 fully saturated rings. The number of rotatable bonds is 5. The van der Waals surface area contributed by atoms with E-state index in [-0.39, 0.29) is 5.82 Å². The number of nitrogens with two attached hydrogens (primary N) is 1. The normalized spacial score (nSPS) is 10.6. The van der Waals surface area contributed by atoms with E-state index in [1.165, 1.54) is 6.07 Å². The molecule has 96 valence electrons. The summed E-state index contributed by atoms with van der Waals surface area (Å²) in [5, 5.41) is 7.44. The Morgan fingerprint density at radius 2 is 2.17 bits per heavy atom. The van der Waals surface area contributed by atoms with Crippen LogP contribution >= 0.6 is 0 Å². The van der Waals surface area contributed by atoms with E-state index in [1.54, 1.807) is 29.1 Å². The number of halogens is 1. The molecule has 2 aromatic rings. The zero-order chi connectivity index (χ0) is 13.0. The van der Waals surface area contributed by atoms with E-state index in [2.05, 4.69) is 10.4 Å². The third-order valence-corrected chi connectivity index (χ3v) is 2.74. The van der Waals surface area contributed by atoms with Gasteiger partial charge in [-0.15, -0.1) is 0 Å². The monoisotopic (exact) mass is 248 g/mol. The van der Waals surface area contributed by atoms with E-state index in [0.29, 0.717) is 18.8 Å². The standard InChI is InChI=1S/C13H17FN4/c1-2-12-11(16-8-7-15)9-17-18(12)13-6-4-3-5-10(13)14/h3-6,9,16H,2,7-8,15H2,1H3. The van der Waals surface area contributed by atoms with Gasteiger partial charge in [-0.1, -0.05) is 19.1 Å². The Balaban J connectivity index is 2.40. The van der Waals surface area contributed by atoms with Crippen molar-refractivity contribution in [1.29, 1.82) is 0 Å². The van der Waals surface area contributed by atoms with Crippen molar-refractivity contribution in [1.82, 2.24) is 9.78 Å². The molecule has 0 saturated carbocycles. The van der Waals surface area contributed by atoms with E-state index in [1.807, 2.05) is 6.92 Å². The van der Waals surface area contributed by atoms with E-state index >= 15 is 0 Å². The first-order valence-electron chi connectivity index (χ1n) is 6.03. The average Bonchev–Trinajstić information content (AvgIpc) is 2.79. The Morgan fingerprint density at radius 3 is 2.83 bits per heavy atom. The molecule has 18 heavy (non-hydrogen) atoms. The van der Waals surface area contributed by atoms with E-state index in [9.17, 15) is 4.39 Å². The zero-order valence-corrected chi connectivity index (χ0v) is 10.4. The van der Waals surface area contributed by atoms with Crippen molar-refractivity contribution < 1.29 is 4.39 Å². The summed E-state index contributed by atoms with van der Waals surface area (Å²) in [5.74, 6) is -0.277. The summed E-state index contributed by atoms with van der Waals surface area (Å²) in [5.41, 5.74) is 7.79. The lowest BCUT2D eigenvalue weighted by Gasteiger charge is -2.09. The number of para-hydroxylation sites is 1. The first-order valence-corrected chi connectivity index (χ1v) is 6.03. The molecule has 4 nitrogen and oxygen atoms in total. The molecule has 3 N–H and O–H groups in total. The summed E-state index contributed by atoms with van der Waals surface area (Å²) in [6, 6.07) is 6.62. The SMILES string of the molecule is CCc1c(NCCN)cnn1-c1ccccc1F. The molecule has 5 heteroatoms. The fourth-order valence-electron chi connectivity index (χ4n) is 1.90. The Hall–Kier alpha value is -1.88. The lowest BCUT2D eigenvalue weighted by molar-refractivity contribution is 0.607. The Kier molecular flexibility index (Phi) is 3.94. The van der Waals surface area contributed by atoms with Crippen LogP contribution in [0.1, 0.15) is 12.6 Å². The summed E-state index contributed by atoms with van der Waals surface area (Å²) in [6.07, 6.45) is 2.47. The molecule has 0 unspecified atom stereocenters. The zero-order valence-electron chi connectivity index (χ0n) is 10.4. The van der Waals surface area contributed by atoms with Crippen LogP contribution < -0.4 is 11.1 Å². The van der Waals surface area contributed by atoms with Crippen LogP contribution in [0.4, 0.5) is 10.1 Å². The maximum Gasteiger partial charge on any atom is 0.148 e. The number of anilines is 1. The molecule has 0 atom stereocenters. The van der Waals surface area contributed by atoms with Gasteiger partial charge in [0.1, 0.15) is 11.5 Å². The lowest BCUT2D eigenvalue weighted by Crippen LogP contribution is -2.14. The van der Waals surface area contributed by atoms with E-state index in [4.69, 9.17) is 5.73 Å². The lowest BCUT2D eigenvalue weighted by atomic mass is 10.2. The third-order valence-electron chi connectivity index (χ3n) is 2.74. The predicted octanol–water partition coefficient (Wildman–Crippen LogP) is 1.94. The summed E-state index contributed by atoms with van der Waals surface area (Å²) in [4.78, 5) is 0. The molecular weight excluding hydrogens is 231 g/mol. The molecule has 0 bridgehead atoms. The van der Waals surface area contributed by atoms with Crippen molar-refractivity contribution in [3.8, 4) is 5.69 Å². The second kappa shape index (κ2) is 5.64. The smallest absolute Gasteiger partial charge is 0.148 e. The molecule has 2 rings (SSSR count). The van der Waals surface area contributed by atoms with Gasteiger partial charge in [-0.2, -0.15) is 5.10 Å². The van der Waals surface area contributed by atoms with Crippen molar-refractivity contribution >= 4 is 5.69 Å². The largest absolute Gasteiger partial charge is 0.381 e. The maximum atomic E-state index is 13.8. The van der Waals surface area contributed by atoms with Crippen LogP contribution in [0.2, 0.25) is 0 Å². The Morgan fingerprint density at radius 1 is 1.39 bits per heavy atom. The van der Waals surface area contributed by atoms with Crippen molar-refractivity contribution in [2.75, 3.05) is 18.4 Å². The van der Waals surface area contributed by atoms with Gasteiger partial charge in [-0.05, 0) is 18.6 Å². The van der Waals surface area contributed by atoms with Gasteiger partial charge in [0.25, 0.3) is 0 Å². The van der Waals surface area contributed by atoms with E-state index in [0.717, 1.165) is 17.8 Å². The second-order valence-corrected chi connectivity index (χ2v) is 3.94. The van der Waals surface area contributed by atoms with Crippen LogP contribution in [-0.4, -0.2) is 22.9 Å². The molecule has 0 saturated heterocycles. The van der Waals surface area contributed by atoms with E-state index < -0.39 is 0 Å². The van der Waals surface area contributed by atoms with Gasteiger partial charge in [0.15, 0.2) is 0 Å². The second-order valence-electron chi connectivity index (χ2n) is 3.94. The minimum absolute atomic E-state index is 0.277. The number of aromatic nitrogens is 2. The molecule has 1 aromatic heterocycles. The first kappa shape index (κ1) is 12.6. The Labute approximate surface area is 106 Å². The minimum Gasteiger partial charge on any atom is -0.381 e. The predicted molar refractivity (Wildman–Crippen MR) is 70.4 cm³/mol. The molecule has 1 aromatic carbocycles. The quantitative estimate of drug-likeness (QED) is 0.850. The van der Waals surface area contributed by atoms with Gasteiger partial charge < -0.3 is 11.1 Å². The third kappa shape index (κ3) is 2.36. The molecule has 1 heterocycles. The molecule has 0 aliphatic carbocycles. The van der Waals surface area contributed by atoms with Gasteiger partial charge in [0.05, 0.1) is 17.6 Å². The maximum absolute atomic E-state index is 13.8. The highest BCUT2D eigenvalue weighted by atomic mass is 19.1. The van der Waals surface area contributed by atoms with Crippen LogP contribution in [0.5, 0.6) is 0 Å². The van der Waals surface area contributed by atoms with Crippen LogP contribution in [0.25, 0.3) is 5.69 Å². The number of nitrogens with one attached hydrogen (secondary N) is 1. The topological polar surface area (TPSA) is 55.9 Å². The van der Waals surface area contributed by atoms with Gasteiger partial charge in [0.2, 0.25) is 0 Å². The van der Waals surface area contributed by atoms with Crippen LogP contribution in [0.3, 0.4) is 0 Å². The molecular formula is C13H17FN4. The summed E-state index contributed by atoms with van der Waals surface area (Å²) < 4.78 is 15.4. The van der Waals surface area contributed by atoms with Crippen LogP contribution in [-0.2, 0) is 6.42 Å². The van der Waals surface area contributed by atoms with Gasteiger partial charge in [-0.25, -0.2) is 9.07 Å². The average molecular weight is 248 g/mol. The van der Waals surface area contributed by atoms with Crippen LogP contribution in [0, 0.1) is 5.82 Å². The molecule has 0 spiro atoms. The summed E-state index contributed by atoms with van der Waals surface area (Å²) >= 11 is 0. The summed E-state index contributed by atoms with van der Waals surface area (Å²) in [6.45, 7) is 3.24. The fraction of sp³-hybridized carbons (Fsp3) is 0.308. The number of hydrogen-bond donors (Lipinski definition) is 2. The number of benzene rings is 1. The Bertz CT molecular complexity index is 521. The highest BCUT2D eigenvalue weighted by Crippen LogP contribution is 2.21. The highest BCUT2D eigenvalue weighted by molar-refractivity contribution is 5.50. The fourth-order valence-corrected chi connectivity index (χ4v) is 1.90. The van der Waals surface area contributed by atoms with Gasteiger partial charge in [0, 0.05) is 13.1 Å². The van der Waals surface area contributed by atoms with Crippen molar-refractivity contribution in [3.05, 3.63) is 42.0 Å². The van der Waals surface area contributed by atoms with Gasteiger partial charge >= 0.3 is 0 Å². The molecule has 0 radical (unpaired) electrons. The van der Waals surface area contributed by atoms with Crippen LogP contribution in [0.15, 0.2) is 30.5 Å². The molecule has 0 aliphatic rings. The first-order chi connectivity index (χ1) is 8.77. The summed E-state index contributed by atoms with van der Waals surface area (Å²) in [7, 11) is 0. The van der Waals surface area contributed by atoms with Crippen molar-refractivity contribution in [3.63, 3.8) is 0 Å². The molecule has 0 amide bonds. The number of hydrogen-bond acceptors (Lipinski definition) is 3.